The Balaban J connectivity index is 2.82. The largest absolute Gasteiger partial charge is 0.420 e. The highest BCUT2D eigenvalue weighted by atomic mass is 19.1. The van der Waals surface area contributed by atoms with Crippen molar-refractivity contribution >= 4 is 5.97 Å². The van der Waals surface area contributed by atoms with Gasteiger partial charge in [-0.2, -0.15) is 0 Å². The molecule has 0 saturated carbocycles. The molecule has 0 N–H and O–H groups in total. The van der Waals surface area contributed by atoms with Crippen LogP contribution in [-0.4, -0.2) is 11.0 Å². The Morgan fingerprint density at radius 3 is 3.08 bits per heavy atom. The number of carbonyl (C=O) groups is 1. The van der Waals surface area contributed by atoms with Gasteiger partial charge in [0, 0.05) is 18.3 Å². The Labute approximate surface area is 68.5 Å². The van der Waals surface area contributed by atoms with E-state index in [9.17, 15) is 9.18 Å². The summed E-state index contributed by atoms with van der Waals surface area (Å²) in [6.07, 6.45) is 3.25. The Morgan fingerprint density at radius 1 is 1.75 bits per heavy atom. The second-order valence-corrected chi connectivity index (χ2v) is 1.93. The van der Waals surface area contributed by atoms with Gasteiger partial charge in [-0.25, -0.2) is 9.18 Å². The first kappa shape index (κ1) is 8.39. The van der Waals surface area contributed by atoms with Gasteiger partial charge < -0.3 is 4.74 Å². The van der Waals surface area contributed by atoms with Crippen LogP contribution in [0.3, 0.4) is 0 Å². The van der Waals surface area contributed by atoms with Crippen LogP contribution in [0.1, 0.15) is 0 Å². The number of hydrogen-bond donors (Lipinski definition) is 0. The highest BCUT2D eigenvalue weighted by molar-refractivity contribution is 5.83. The van der Waals surface area contributed by atoms with Crippen molar-refractivity contribution in [3.8, 4) is 5.75 Å². The number of carbonyl (C=O) groups excluding carboxylic acids is 1. The monoisotopic (exact) mass is 167 g/mol. The lowest BCUT2D eigenvalue weighted by Gasteiger charge is -2.00. The second-order valence-electron chi connectivity index (χ2n) is 1.93. The molecule has 0 saturated heterocycles. The van der Waals surface area contributed by atoms with E-state index in [-0.39, 0.29) is 5.75 Å². The standard InChI is InChI=1S/C8H6FNO2/c1-2-8(11)12-7-3-4-10-5-6(7)9/h2-5H,1H2. The molecular weight excluding hydrogens is 161 g/mol. The number of esters is 1. The normalized spacial score (nSPS) is 9.08. The SMILES string of the molecule is C=CC(=O)Oc1ccncc1F. The molecule has 1 aromatic heterocycles. The minimum atomic E-state index is -0.694. The fourth-order valence-corrected chi connectivity index (χ4v) is 0.595. The first-order valence-electron chi connectivity index (χ1n) is 3.18. The maximum Gasteiger partial charge on any atom is 0.335 e. The van der Waals surface area contributed by atoms with Crippen LogP contribution in [0.25, 0.3) is 0 Å². The van der Waals surface area contributed by atoms with Gasteiger partial charge >= 0.3 is 5.97 Å². The number of halogens is 1. The lowest BCUT2D eigenvalue weighted by molar-refractivity contribution is -0.129. The van der Waals surface area contributed by atoms with Gasteiger partial charge in [0.25, 0.3) is 0 Å². The molecule has 0 aliphatic heterocycles. The molecule has 12 heavy (non-hydrogen) atoms. The van der Waals surface area contributed by atoms with Crippen LogP contribution >= 0.6 is 0 Å². The second kappa shape index (κ2) is 3.61. The number of aromatic nitrogens is 1. The van der Waals surface area contributed by atoms with Crippen LogP contribution in [0.2, 0.25) is 0 Å². The molecule has 62 valence electrons. The van der Waals surface area contributed by atoms with Crippen molar-refractivity contribution in [2.75, 3.05) is 0 Å². The van der Waals surface area contributed by atoms with E-state index in [0.717, 1.165) is 12.3 Å². The zero-order valence-electron chi connectivity index (χ0n) is 6.16. The highest BCUT2D eigenvalue weighted by Gasteiger charge is 2.04. The molecule has 0 atom stereocenters. The van der Waals surface area contributed by atoms with Crippen LogP contribution in [0.5, 0.6) is 5.75 Å². The summed E-state index contributed by atoms with van der Waals surface area (Å²) in [7, 11) is 0. The summed E-state index contributed by atoms with van der Waals surface area (Å²) in [5.74, 6) is -1.51. The van der Waals surface area contributed by atoms with Crippen LogP contribution in [0.15, 0.2) is 31.1 Å². The molecule has 0 bridgehead atoms. The van der Waals surface area contributed by atoms with Crippen LogP contribution < -0.4 is 4.74 Å². The summed E-state index contributed by atoms with van der Waals surface area (Å²) in [5.41, 5.74) is 0. The molecule has 0 radical (unpaired) electrons. The minimum Gasteiger partial charge on any atom is -0.420 e. The minimum absolute atomic E-state index is 0.144. The van der Waals surface area contributed by atoms with Gasteiger partial charge in [-0.3, -0.25) is 4.98 Å². The number of pyridine rings is 1. The van der Waals surface area contributed by atoms with E-state index >= 15 is 0 Å². The molecule has 0 aliphatic rings. The fourth-order valence-electron chi connectivity index (χ4n) is 0.595. The van der Waals surface area contributed by atoms with Crippen LogP contribution in [0, 0.1) is 5.82 Å². The van der Waals surface area contributed by atoms with Gasteiger partial charge in [0.2, 0.25) is 0 Å². The predicted molar refractivity (Wildman–Crippen MR) is 40.0 cm³/mol. The molecule has 1 aromatic rings. The van der Waals surface area contributed by atoms with Crippen molar-refractivity contribution in [2.24, 2.45) is 0 Å². The van der Waals surface area contributed by atoms with Gasteiger partial charge in [-0.15, -0.1) is 0 Å². The predicted octanol–water partition coefficient (Wildman–Crippen LogP) is 1.31. The molecule has 0 amide bonds. The molecule has 1 rings (SSSR count). The van der Waals surface area contributed by atoms with Gasteiger partial charge in [-0.1, -0.05) is 6.58 Å². The van der Waals surface area contributed by atoms with E-state index in [1.165, 1.54) is 12.3 Å². The molecule has 3 nitrogen and oxygen atoms in total. The lowest BCUT2D eigenvalue weighted by atomic mass is 10.4. The smallest absolute Gasteiger partial charge is 0.335 e. The van der Waals surface area contributed by atoms with Gasteiger partial charge in [0.05, 0.1) is 6.20 Å². The maximum atomic E-state index is 12.7. The van der Waals surface area contributed by atoms with E-state index in [1.807, 2.05) is 0 Å². The van der Waals surface area contributed by atoms with Crippen molar-refractivity contribution < 1.29 is 13.9 Å². The van der Waals surface area contributed by atoms with E-state index in [1.54, 1.807) is 0 Å². The first-order chi connectivity index (χ1) is 5.74. The molecule has 4 heteroatoms. The number of nitrogens with zero attached hydrogens (tertiary/aromatic N) is 1. The average Bonchev–Trinajstić information content (AvgIpc) is 2.09. The topological polar surface area (TPSA) is 39.2 Å². The van der Waals surface area contributed by atoms with Crippen molar-refractivity contribution in [2.45, 2.75) is 0 Å². The zero-order chi connectivity index (χ0) is 8.97. The summed E-state index contributed by atoms with van der Waals surface area (Å²) < 4.78 is 17.2. The van der Waals surface area contributed by atoms with Crippen molar-refractivity contribution in [3.05, 3.63) is 36.9 Å². The van der Waals surface area contributed by atoms with Crippen LogP contribution in [0.4, 0.5) is 4.39 Å². The van der Waals surface area contributed by atoms with Crippen molar-refractivity contribution in [1.29, 1.82) is 0 Å². The van der Waals surface area contributed by atoms with E-state index in [4.69, 9.17) is 0 Å². The van der Waals surface area contributed by atoms with E-state index in [0.29, 0.717) is 0 Å². The van der Waals surface area contributed by atoms with Crippen molar-refractivity contribution in [3.63, 3.8) is 0 Å². The Bertz CT molecular complexity index is 312. The van der Waals surface area contributed by atoms with Gasteiger partial charge in [0.15, 0.2) is 11.6 Å². The first-order valence-corrected chi connectivity index (χ1v) is 3.18. The number of hydrogen-bond acceptors (Lipinski definition) is 3. The quantitative estimate of drug-likeness (QED) is 0.492. The Kier molecular flexibility index (Phi) is 2.53. The molecule has 0 spiro atoms. The zero-order valence-corrected chi connectivity index (χ0v) is 6.16. The third kappa shape index (κ3) is 1.88. The summed E-state index contributed by atoms with van der Waals surface area (Å²) in [5, 5.41) is 0. The third-order valence-corrected chi connectivity index (χ3v) is 1.11. The molecule has 0 unspecified atom stereocenters. The van der Waals surface area contributed by atoms with Crippen LogP contribution in [-0.2, 0) is 4.79 Å². The summed E-state index contributed by atoms with van der Waals surface area (Å²) in [6, 6.07) is 1.26. The lowest BCUT2D eigenvalue weighted by Crippen LogP contribution is -2.04. The molecule has 0 fully saturated rings. The molecule has 1 heterocycles. The fraction of sp³-hybridized carbons (Fsp3) is 0. The molecule has 0 aliphatic carbocycles. The molecule has 0 aromatic carbocycles. The van der Waals surface area contributed by atoms with Crippen molar-refractivity contribution in [1.82, 2.24) is 4.98 Å². The Morgan fingerprint density at radius 2 is 2.50 bits per heavy atom. The average molecular weight is 167 g/mol. The van der Waals surface area contributed by atoms with Gasteiger partial charge in [0.1, 0.15) is 0 Å². The summed E-state index contributed by atoms with van der Waals surface area (Å²) in [4.78, 5) is 14.1. The Hall–Kier alpha value is -1.71. The summed E-state index contributed by atoms with van der Waals surface area (Å²) in [6.45, 7) is 3.17. The third-order valence-electron chi connectivity index (χ3n) is 1.11. The van der Waals surface area contributed by atoms with Gasteiger partial charge in [-0.05, 0) is 0 Å². The van der Waals surface area contributed by atoms with E-state index in [2.05, 4.69) is 16.3 Å². The highest BCUT2D eigenvalue weighted by Crippen LogP contribution is 2.13. The number of rotatable bonds is 2. The maximum absolute atomic E-state index is 12.7. The molecular formula is C8H6FNO2. The summed E-state index contributed by atoms with van der Waals surface area (Å²) >= 11 is 0. The van der Waals surface area contributed by atoms with E-state index < -0.39 is 11.8 Å². The number of ether oxygens (including phenoxy) is 1.